The van der Waals surface area contributed by atoms with Crippen LogP contribution in [0.5, 0.6) is 0 Å². The molecule has 0 amide bonds. The maximum atomic E-state index is 12.8. The predicted octanol–water partition coefficient (Wildman–Crippen LogP) is -0.378. The van der Waals surface area contributed by atoms with Gasteiger partial charge in [-0.3, -0.25) is 4.79 Å². The Bertz CT molecular complexity index is 2110. The number of rotatable bonds is 16. The van der Waals surface area contributed by atoms with Gasteiger partial charge in [-0.15, -0.1) is 0 Å². The van der Waals surface area contributed by atoms with E-state index in [0.717, 1.165) is 5.57 Å². The molecular weight excluding hydrogens is 1040 g/mol. The van der Waals surface area contributed by atoms with Crippen LogP contribution in [0.4, 0.5) is 0 Å². The Hall–Kier alpha value is -1.51. The van der Waals surface area contributed by atoms with Gasteiger partial charge in [-0.1, -0.05) is 25.5 Å². The fourth-order valence-electron chi connectivity index (χ4n) is 15.7. The molecule has 79 heavy (non-hydrogen) atoms. The highest BCUT2D eigenvalue weighted by Crippen LogP contribution is 2.69. The summed E-state index contributed by atoms with van der Waals surface area (Å²) in [7, 11) is 6.10. The Morgan fingerprint density at radius 1 is 0.595 bits per heavy atom. The molecule has 8 fully saturated rings. The summed E-state index contributed by atoms with van der Waals surface area (Å²) in [6.45, 7) is 11.6. The molecule has 9 N–H and O–H groups in total. The van der Waals surface area contributed by atoms with Crippen molar-refractivity contribution in [2.24, 2.45) is 22.7 Å². The van der Waals surface area contributed by atoms with Crippen molar-refractivity contribution in [3.05, 3.63) is 11.6 Å². The molecule has 3 saturated carbocycles. The number of carbonyl (C=O) groups excluding carboxylic acids is 1. The second kappa shape index (κ2) is 24.1. The second-order valence-corrected chi connectivity index (χ2v) is 24.4. The van der Waals surface area contributed by atoms with Crippen LogP contribution in [0, 0.1) is 22.7 Å². The SMILES string of the molecule is COC1CC(OC2CCC3(C)C(=CCC4(O)C3C(O)C(O)C3(C)C(C(C)=O)CCC43O)C2)OC(C)C1OC1CC(OC)C(OC2CC(OC)C(OC3OC(C)C(OC4OC(CO)C(O)C(O)C4O)C(OC)C3O)C(C)O2)C(C)O1. The van der Waals surface area contributed by atoms with E-state index in [9.17, 15) is 50.8 Å². The molecule has 0 aromatic carbocycles. The van der Waals surface area contributed by atoms with Crippen LogP contribution in [-0.4, -0.2) is 252 Å². The lowest BCUT2D eigenvalue weighted by atomic mass is 9.42. The molecule has 5 heterocycles. The molecule has 0 aromatic rings. The van der Waals surface area contributed by atoms with Gasteiger partial charge in [-0.2, -0.15) is 0 Å². The number of carbonyl (C=O) groups is 1. The lowest BCUT2D eigenvalue weighted by Gasteiger charge is -2.67. The summed E-state index contributed by atoms with van der Waals surface area (Å²) in [4.78, 5) is 12.8. The van der Waals surface area contributed by atoms with Gasteiger partial charge in [0.25, 0.3) is 0 Å². The molecule has 454 valence electrons. The van der Waals surface area contributed by atoms with Gasteiger partial charge in [-0.25, -0.2) is 0 Å². The summed E-state index contributed by atoms with van der Waals surface area (Å²) in [6.07, 6.45) is -18.6. The first-order valence-corrected chi connectivity index (χ1v) is 28.3. The van der Waals surface area contributed by atoms with Gasteiger partial charge in [0.15, 0.2) is 31.5 Å². The van der Waals surface area contributed by atoms with Crippen molar-refractivity contribution < 1.29 is 117 Å². The Kier molecular flexibility index (Phi) is 18.9. The molecule has 0 aromatic heterocycles. The van der Waals surface area contributed by atoms with Crippen molar-refractivity contribution >= 4 is 5.78 Å². The first-order chi connectivity index (χ1) is 37.3. The molecule has 0 spiro atoms. The van der Waals surface area contributed by atoms with Crippen LogP contribution in [0.2, 0.25) is 0 Å². The van der Waals surface area contributed by atoms with E-state index in [1.807, 2.05) is 26.8 Å². The molecule has 5 saturated heterocycles. The minimum Gasteiger partial charge on any atom is -0.394 e. The third-order valence-electron chi connectivity index (χ3n) is 20.1. The van der Waals surface area contributed by atoms with Crippen LogP contribution in [0.25, 0.3) is 0 Å². The molecule has 5 aliphatic heterocycles. The zero-order valence-electron chi connectivity index (χ0n) is 47.4. The maximum Gasteiger partial charge on any atom is 0.187 e. The first kappa shape index (κ1) is 62.0. The van der Waals surface area contributed by atoms with Gasteiger partial charge in [-0.05, 0) is 78.6 Å². The van der Waals surface area contributed by atoms with E-state index < -0.39 is 188 Å². The van der Waals surface area contributed by atoms with Crippen molar-refractivity contribution in [1.29, 1.82) is 0 Å². The number of ketones is 1. The van der Waals surface area contributed by atoms with Gasteiger partial charge in [0.1, 0.15) is 78.0 Å². The summed E-state index contributed by atoms with van der Waals surface area (Å²) in [6, 6.07) is 0. The monoisotopic (exact) mass is 1130 g/mol. The Morgan fingerprint density at radius 3 is 1.62 bits per heavy atom. The molecule has 24 heteroatoms. The van der Waals surface area contributed by atoms with E-state index in [0.29, 0.717) is 38.5 Å². The molecule has 9 rings (SSSR count). The van der Waals surface area contributed by atoms with Gasteiger partial charge in [0.05, 0.1) is 67.6 Å². The highest BCUT2D eigenvalue weighted by molar-refractivity contribution is 5.80. The lowest BCUT2D eigenvalue weighted by molar-refractivity contribution is -0.374. The number of aliphatic hydroxyl groups is 9. The standard InChI is InChI=1S/C55H90O24/c1-23(57)30-14-17-55(65)53(30,7)49(63)42(62)48-52(6)15-13-29(18-28(52)12-16-54(48,55)64)74-35-19-31(66-8)43(24(2)70-35)76-36-20-32(67-9)44(25(3)71-36)77-37-21-33(68-10)45(26(4)72-37)78-51-41(61)47(69-11)46(27(5)73-51)79-50-40(60)39(59)38(58)34(22-56)75-50/h12,24-27,29-51,56,58-65H,13-22H2,1-11H3. The molecule has 31 atom stereocenters. The zero-order valence-corrected chi connectivity index (χ0v) is 47.4. The van der Waals surface area contributed by atoms with Gasteiger partial charge >= 0.3 is 0 Å². The molecule has 9 aliphatic rings. The van der Waals surface area contributed by atoms with Gasteiger partial charge < -0.3 is 112 Å². The number of Topliss-reactive ketones (excluding diaryl/α,β-unsaturated/α-hetero) is 1. The molecular formula is C55H90O24. The molecule has 4 aliphatic carbocycles. The fourth-order valence-corrected chi connectivity index (χ4v) is 15.7. The predicted molar refractivity (Wildman–Crippen MR) is 270 cm³/mol. The summed E-state index contributed by atoms with van der Waals surface area (Å²) >= 11 is 0. The Balaban J connectivity index is 0.768. The van der Waals surface area contributed by atoms with Crippen molar-refractivity contribution in [2.75, 3.05) is 35.0 Å². The Morgan fingerprint density at radius 2 is 1.10 bits per heavy atom. The smallest absolute Gasteiger partial charge is 0.187 e. The number of fused-ring (bicyclic) bond motifs is 5. The first-order valence-electron chi connectivity index (χ1n) is 28.3. The van der Waals surface area contributed by atoms with Crippen molar-refractivity contribution in [3.63, 3.8) is 0 Å². The number of ether oxygens (including phenoxy) is 14. The van der Waals surface area contributed by atoms with E-state index in [2.05, 4.69) is 0 Å². The van der Waals surface area contributed by atoms with E-state index in [1.165, 1.54) is 21.1 Å². The zero-order chi connectivity index (χ0) is 57.4. The summed E-state index contributed by atoms with van der Waals surface area (Å²) < 4.78 is 86.9. The van der Waals surface area contributed by atoms with Crippen LogP contribution in [0.3, 0.4) is 0 Å². The number of methoxy groups -OCH3 is 4. The Labute approximate surface area is 462 Å². The van der Waals surface area contributed by atoms with Crippen LogP contribution in [0.15, 0.2) is 11.6 Å². The minimum atomic E-state index is -1.79. The average Bonchev–Trinajstić information content (AvgIpc) is 2.75. The normalized spacial score (nSPS) is 54.1. The quantitative estimate of drug-likeness (QED) is 0.0890. The molecule has 0 bridgehead atoms. The highest BCUT2D eigenvalue weighted by Gasteiger charge is 2.79. The maximum absolute atomic E-state index is 12.8. The number of hydrogen-bond acceptors (Lipinski definition) is 24. The largest absolute Gasteiger partial charge is 0.394 e. The van der Waals surface area contributed by atoms with Gasteiger partial charge in [0.2, 0.25) is 0 Å². The van der Waals surface area contributed by atoms with Crippen molar-refractivity contribution in [1.82, 2.24) is 0 Å². The van der Waals surface area contributed by atoms with Crippen LogP contribution < -0.4 is 0 Å². The van der Waals surface area contributed by atoms with E-state index >= 15 is 0 Å². The van der Waals surface area contributed by atoms with Crippen LogP contribution >= 0.6 is 0 Å². The highest BCUT2D eigenvalue weighted by atomic mass is 16.8. The van der Waals surface area contributed by atoms with Crippen molar-refractivity contribution in [2.45, 2.75) is 271 Å². The third-order valence-corrected chi connectivity index (χ3v) is 20.1. The van der Waals surface area contributed by atoms with Gasteiger partial charge in [0, 0.05) is 65.0 Å². The summed E-state index contributed by atoms with van der Waals surface area (Å²) in [5.41, 5.74) is -4.74. The minimum absolute atomic E-state index is 0.0660. The molecule has 0 radical (unpaired) electrons. The van der Waals surface area contributed by atoms with E-state index in [4.69, 9.17) is 66.3 Å². The fraction of sp³-hybridized carbons (Fsp3) is 0.945. The summed E-state index contributed by atoms with van der Waals surface area (Å²) in [5.74, 6) is -1.75. The summed E-state index contributed by atoms with van der Waals surface area (Å²) in [5, 5.41) is 101. The van der Waals surface area contributed by atoms with Crippen LogP contribution in [0.1, 0.15) is 106 Å². The van der Waals surface area contributed by atoms with E-state index in [-0.39, 0.29) is 31.1 Å². The molecule has 24 nitrogen and oxygen atoms in total. The molecule has 31 unspecified atom stereocenters. The lowest BCUT2D eigenvalue weighted by Crippen LogP contribution is -2.79. The third kappa shape index (κ3) is 10.8. The van der Waals surface area contributed by atoms with E-state index in [1.54, 1.807) is 35.0 Å². The number of aliphatic hydroxyl groups excluding tert-OH is 7. The average molecular weight is 1140 g/mol. The van der Waals surface area contributed by atoms with Crippen LogP contribution in [-0.2, 0) is 71.1 Å². The van der Waals surface area contributed by atoms with Crippen molar-refractivity contribution in [3.8, 4) is 0 Å². The topological polar surface area (TPSA) is 328 Å². The second-order valence-electron chi connectivity index (χ2n) is 24.4. The number of hydrogen-bond donors (Lipinski definition) is 9.